The van der Waals surface area contributed by atoms with Crippen molar-refractivity contribution < 1.29 is 0 Å². The van der Waals surface area contributed by atoms with Gasteiger partial charge in [-0.25, -0.2) is 0 Å². The van der Waals surface area contributed by atoms with E-state index in [1.807, 2.05) is 0 Å². The molecule has 0 heterocycles. The van der Waals surface area contributed by atoms with Crippen molar-refractivity contribution in [3.63, 3.8) is 0 Å². The van der Waals surface area contributed by atoms with E-state index in [9.17, 15) is 0 Å². The maximum Gasteiger partial charge on any atom is -0.0300 e. The van der Waals surface area contributed by atoms with Crippen molar-refractivity contribution >= 4 is 0 Å². The first-order valence-corrected chi connectivity index (χ1v) is 5.19. The Balaban J connectivity index is 2.49. The SMILES string of the molecule is CC[C@H](C)C1(C)CCCCC1. The van der Waals surface area contributed by atoms with Crippen LogP contribution >= 0.6 is 0 Å². The molecule has 0 unspecified atom stereocenters. The molecule has 0 radical (unpaired) electrons. The van der Waals surface area contributed by atoms with E-state index in [-0.39, 0.29) is 0 Å². The van der Waals surface area contributed by atoms with E-state index < -0.39 is 0 Å². The average Bonchev–Trinajstić information content (AvgIpc) is 2.04. The minimum Gasteiger partial charge on any atom is -0.0651 e. The molecular weight excluding hydrogens is 132 g/mol. The van der Waals surface area contributed by atoms with Crippen LogP contribution in [0.1, 0.15) is 59.3 Å². The molecule has 0 N–H and O–H groups in total. The van der Waals surface area contributed by atoms with Gasteiger partial charge in [0.1, 0.15) is 0 Å². The highest BCUT2D eigenvalue weighted by Gasteiger charge is 2.31. The van der Waals surface area contributed by atoms with Crippen LogP contribution in [0, 0.1) is 11.3 Å². The summed E-state index contributed by atoms with van der Waals surface area (Å²) in [5, 5.41) is 0. The number of hydrogen-bond donors (Lipinski definition) is 0. The van der Waals surface area contributed by atoms with Crippen molar-refractivity contribution in [2.45, 2.75) is 59.3 Å². The first-order chi connectivity index (χ1) is 5.19. The van der Waals surface area contributed by atoms with Gasteiger partial charge in [-0.3, -0.25) is 0 Å². The quantitative estimate of drug-likeness (QED) is 0.564. The van der Waals surface area contributed by atoms with Crippen molar-refractivity contribution in [2.24, 2.45) is 11.3 Å². The third-order valence-electron chi connectivity index (χ3n) is 3.80. The van der Waals surface area contributed by atoms with Crippen molar-refractivity contribution in [1.29, 1.82) is 0 Å². The van der Waals surface area contributed by atoms with Gasteiger partial charge < -0.3 is 0 Å². The van der Waals surface area contributed by atoms with Crippen LogP contribution in [-0.4, -0.2) is 0 Å². The Morgan fingerprint density at radius 3 is 2.18 bits per heavy atom. The van der Waals surface area contributed by atoms with E-state index in [1.165, 1.54) is 38.5 Å². The first kappa shape index (κ1) is 9.09. The van der Waals surface area contributed by atoms with E-state index in [0.29, 0.717) is 5.41 Å². The lowest BCUT2D eigenvalue weighted by molar-refractivity contribution is 0.127. The predicted molar refractivity (Wildman–Crippen MR) is 50.6 cm³/mol. The Morgan fingerprint density at radius 1 is 1.18 bits per heavy atom. The second-order valence-corrected chi connectivity index (χ2v) is 4.52. The molecule has 1 fully saturated rings. The molecule has 1 saturated carbocycles. The third-order valence-corrected chi connectivity index (χ3v) is 3.80. The smallest absolute Gasteiger partial charge is 0.0300 e. The van der Waals surface area contributed by atoms with Gasteiger partial charge in [0.25, 0.3) is 0 Å². The minimum absolute atomic E-state index is 0.688. The van der Waals surface area contributed by atoms with Gasteiger partial charge >= 0.3 is 0 Å². The highest BCUT2D eigenvalue weighted by atomic mass is 14.4. The third kappa shape index (κ3) is 1.98. The van der Waals surface area contributed by atoms with Crippen molar-refractivity contribution in [2.75, 3.05) is 0 Å². The molecule has 0 saturated heterocycles. The summed E-state index contributed by atoms with van der Waals surface area (Å²) >= 11 is 0. The minimum atomic E-state index is 0.688. The highest BCUT2D eigenvalue weighted by molar-refractivity contribution is 4.82. The second-order valence-electron chi connectivity index (χ2n) is 4.52. The zero-order valence-corrected chi connectivity index (χ0v) is 8.32. The Hall–Kier alpha value is 0. The first-order valence-electron chi connectivity index (χ1n) is 5.19. The van der Waals surface area contributed by atoms with Gasteiger partial charge in [-0.2, -0.15) is 0 Å². The molecule has 0 aromatic rings. The number of rotatable bonds is 2. The van der Waals surface area contributed by atoms with Crippen LogP contribution in [0.3, 0.4) is 0 Å². The van der Waals surface area contributed by atoms with Crippen LogP contribution in [0.25, 0.3) is 0 Å². The maximum absolute atomic E-state index is 2.49. The second kappa shape index (κ2) is 3.60. The Morgan fingerprint density at radius 2 is 1.73 bits per heavy atom. The van der Waals surface area contributed by atoms with Gasteiger partial charge in [-0.15, -0.1) is 0 Å². The van der Waals surface area contributed by atoms with E-state index in [0.717, 1.165) is 5.92 Å². The normalized spacial score (nSPS) is 26.5. The fourth-order valence-corrected chi connectivity index (χ4v) is 2.35. The van der Waals surface area contributed by atoms with Crippen LogP contribution in [0.4, 0.5) is 0 Å². The van der Waals surface area contributed by atoms with E-state index in [4.69, 9.17) is 0 Å². The zero-order valence-electron chi connectivity index (χ0n) is 8.32. The highest BCUT2D eigenvalue weighted by Crippen LogP contribution is 2.43. The lowest BCUT2D eigenvalue weighted by Gasteiger charge is -2.38. The molecule has 0 bridgehead atoms. The van der Waals surface area contributed by atoms with Gasteiger partial charge in [0.15, 0.2) is 0 Å². The summed E-state index contributed by atoms with van der Waals surface area (Å²) in [4.78, 5) is 0. The molecule has 0 aromatic heterocycles. The fourth-order valence-electron chi connectivity index (χ4n) is 2.35. The summed E-state index contributed by atoms with van der Waals surface area (Å²) in [5.41, 5.74) is 0.688. The molecule has 1 aliphatic rings. The van der Waals surface area contributed by atoms with Crippen LogP contribution < -0.4 is 0 Å². The molecule has 0 aliphatic heterocycles. The zero-order chi connectivity index (χ0) is 8.32. The van der Waals surface area contributed by atoms with Gasteiger partial charge in [0.05, 0.1) is 0 Å². The van der Waals surface area contributed by atoms with E-state index in [1.54, 1.807) is 0 Å². The molecule has 0 heteroatoms. The Kier molecular flexibility index (Phi) is 2.98. The molecule has 11 heavy (non-hydrogen) atoms. The maximum atomic E-state index is 2.49. The molecular formula is C11H22. The van der Waals surface area contributed by atoms with E-state index in [2.05, 4.69) is 20.8 Å². The largest absolute Gasteiger partial charge is 0.0651 e. The topological polar surface area (TPSA) is 0 Å². The molecule has 0 aromatic carbocycles. The molecule has 1 atom stereocenters. The summed E-state index contributed by atoms with van der Waals surface area (Å²) in [6.45, 7) is 7.23. The molecule has 0 nitrogen and oxygen atoms in total. The average molecular weight is 154 g/mol. The van der Waals surface area contributed by atoms with Crippen LogP contribution in [0.5, 0.6) is 0 Å². The summed E-state index contributed by atoms with van der Waals surface area (Å²) < 4.78 is 0. The lowest BCUT2D eigenvalue weighted by Crippen LogP contribution is -2.27. The van der Waals surface area contributed by atoms with Crippen molar-refractivity contribution in [3.05, 3.63) is 0 Å². The number of hydrogen-bond acceptors (Lipinski definition) is 0. The monoisotopic (exact) mass is 154 g/mol. The van der Waals surface area contributed by atoms with Crippen LogP contribution in [0.2, 0.25) is 0 Å². The van der Waals surface area contributed by atoms with Gasteiger partial charge in [-0.1, -0.05) is 46.5 Å². The molecule has 0 amide bonds. The Bertz CT molecular complexity index is 109. The van der Waals surface area contributed by atoms with Gasteiger partial charge in [-0.05, 0) is 24.2 Å². The standard InChI is InChI=1S/C11H22/c1-4-10(2)11(3)8-6-5-7-9-11/h10H,4-9H2,1-3H3/t10-/m0/s1. The van der Waals surface area contributed by atoms with E-state index >= 15 is 0 Å². The van der Waals surface area contributed by atoms with Gasteiger partial charge in [0, 0.05) is 0 Å². The van der Waals surface area contributed by atoms with Crippen LogP contribution in [0.15, 0.2) is 0 Å². The van der Waals surface area contributed by atoms with Crippen LogP contribution in [-0.2, 0) is 0 Å². The Labute approximate surface area is 71.4 Å². The predicted octanol–water partition coefficient (Wildman–Crippen LogP) is 4.00. The molecule has 66 valence electrons. The summed E-state index contributed by atoms with van der Waals surface area (Å²) in [5.74, 6) is 0.933. The summed E-state index contributed by atoms with van der Waals surface area (Å²) in [6, 6.07) is 0. The summed E-state index contributed by atoms with van der Waals surface area (Å²) in [7, 11) is 0. The van der Waals surface area contributed by atoms with Crippen molar-refractivity contribution in [1.82, 2.24) is 0 Å². The molecule has 0 spiro atoms. The van der Waals surface area contributed by atoms with Gasteiger partial charge in [0.2, 0.25) is 0 Å². The van der Waals surface area contributed by atoms with Crippen molar-refractivity contribution in [3.8, 4) is 0 Å². The fraction of sp³-hybridized carbons (Fsp3) is 1.00. The molecule has 1 aliphatic carbocycles. The molecule has 1 rings (SSSR count). The lowest BCUT2D eigenvalue weighted by atomic mass is 9.67. The summed E-state index contributed by atoms with van der Waals surface area (Å²) in [6.07, 6.45) is 8.73.